The molecule has 0 radical (unpaired) electrons. The zero-order valence-electron chi connectivity index (χ0n) is 20.1. The van der Waals surface area contributed by atoms with Gasteiger partial charge in [0.05, 0.1) is 6.10 Å². The van der Waals surface area contributed by atoms with Crippen LogP contribution in [-0.4, -0.2) is 11.2 Å². The molecular weight excluding hydrogens is 352 g/mol. The molecule has 4 fully saturated rings. The summed E-state index contributed by atoms with van der Waals surface area (Å²) >= 11 is 0. The van der Waals surface area contributed by atoms with E-state index in [4.69, 9.17) is 0 Å². The van der Waals surface area contributed by atoms with Crippen molar-refractivity contribution in [2.75, 3.05) is 0 Å². The molecule has 4 aliphatic carbocycles. The van der Waals surface area contributed by atoms with Gasteiger partial charge in [-0.05, 0) is 123 Å². The van der Waals surface area contributed by atoms with E-state index in [9.17, 15) is 5.11 Å². The van der Waals surface area contributed by atoms with Crippen LogP contribution in [0.15, 0.2) is 12.2 Å². The van der Waals surface area contributed by atoms with Gasteiger partial charge in [0.15, 0.2) is 0 Å². The van der Waals surface area contributed by atoms with E-state index in [1.807, 2.05) is 0 Å². The molecule has 1 heteroatoms. The first-order valence-electron chi connectivity index (χ1n) is 13.0. The maximum Gasteiger partial charge on any atom is 0.0543 e. The molecule has 0 aliphatic heterocycles. The summed E-state index contributed by atoms with van der Waals surface area (Å²) in [7, 11) is 0. The van der Waals surface area contributed by atoms with Crippen molar-refractivity contribution in [2.45, 2.75) is 111 Å². The maximum absolute atomic E-state index is 10.3. The highest BCUT2D eigenvalue weighted by molar-refractivity contribution is 5.10. The standard InChI is InChI=1S/C28H48O/c1-18(2)19(3)7-8-20(4)24-11-12-25-23-10-9-21-17-22(29)13-15-27(21,5)26(23)14-16-28(24,25)6/h18,20-26,29H,3,7-17H2,1-2,4-6H3/t20-,21?,22?,23?,24-,25?,26?,27+,28-/m1/s1. The van der Waals surface area contributed by atoms with Gasteiger partial charge in [0, 0.05) is 0 Å². The molecule has 5 unspecified atom stereocenters. The summed E-state index contributed by atoms with van der Waals surface area (Å²) in [5.41, 5.74) is 2.55. The maximum atomic E-state index is 10.3. The summed E-state index contributed by atoms with van der Waals surface area (Å²) in [6, 6.07) is 0. The first-order valence-corrected chi connectivity index (χ1v) is 13.0. The first-order chi connectivity index (χ1) is 13.7. The second-order valence-electron chi connectivity index (χ2n) is 12.6. The van der Waals surface area contributed by atoms with Crippen LogP contribution in [0.25, 0.3) is 0 Å². The topological polar surface area (TPSA) is 20.2 Å². The molecule has 0 amide bonds. The monoisotopic (exact) mass is 400 g/mol. The van der Waals surface area contributed by atoms with Gasteiger partial charge in [-0.2, -0.15) is 0 Å². The van der Waals surface area contributed by atoms with E-state index >= 15 is 0 Å². The third-order valence-corrected chi connectivity index (χ3v) is 11.1. The van der Waals surface area contributed by atoms with Gasteiger partial charge in [0.25, 0.3) is 0 Å². The van der Waals surface area contributed by atoms with Crippen LogP contribution in [0.1, 0.15) is 105 Å². The highest BCUT2D eigenvalue weighted by atomic mass is 16.3. The van der Waals surface area contributed by atoms with Crippen LogP contribution in [0.2, 0.25) is 0 Å². The molecular formula is C28H48O. The summed E-state index contributed by atoms with van der Waals surface area (Å²) in [5.74, 6) is 6.05. The van der Waals surface area contributed by atoms with E-state index in [0.29, 0.717) is 16.7 Å². The minimum Gasteiger partial charge on any atom is -0.393 e. The number of allylic oxidation sites excluding steroid dienone is 1. The first kappa shape index (κ1) is 21.9. The van der Waals surface area contributed by atoms with Gasteiger partial charge < -0.3 is 5.11 Å². The lowest BCUT2D eigenvalue weighted by molar-refractivity contribution is -0.129. The Labute approximate surface area is 181 Å². The normalized spacial score (nSPS) is 48.0. The van der Waals surface area contributed by atoms with E-state index in [1.54, 1.807) is 0 Å². The zero-order valence-corrected chi connectivity index (χ0v) is 20.1. The molecule has 4 aliphatic rings. The molecule has 0 aromatic heterocycles. The number of hydrogen-bond acceptors (Lipinski definition) is 1. The lowest BCUT2D eigenvalue weighted by atomic mass is 9.44. The van der Waals surface area contributed by atoms with Crippen LogP contribution >= 0.6 is 0 Å². The van der Waals surface area contributed by atoms with Crippen molar-refractivity contribution in [3.63, 3.8) is 0 Å². The Kier molecular flexibility index (Phi) is 6.04. The molecule has 0 saturated heterocycles. The Morgan fingerprint density at radius 2 is 1.62 bits per heavy atom. The van der Waals surface area contributed by atoms with Crippen molar-refractivity contribution in [1.29, 1.82) is 0 Å². The Morgan fingerprint density at radius 1 is 0.931 bits per heavy atom. The van der Waals surface area contributed by atoms with Crippen LogP contribution in [0.3, 0.4) is 0 Å². The van der Waals surface area contributed by atoms with Crippen LogP contribution < -0.4 is 0 Å². The van der Waals surface area contributed by atoms with Crippen LogP contribution in [0, 0.1) is 52.3 Å². The smallest absolute Gasteiger partial charge is 0.0543 e. The van der Waals surface area contributed by atoms with E-state index < -0.39 is 0 Å². The minimum atomic E-state index is -0.0178. The molecule has 166 valence electrons. The number of hydrogen-bond donors (Lipinski definition) is 1. The molecule has 0 heterocycles. The highest BCUT2D eigenvalue weighted by Crippen LogP contribution is 2.68. The van der Waals surface area contributed by atoms with E-state index in [-0.39, 0.29) is 6.10 Å². The van der Waals surface area contributed by atoms with Gasteiger partial charge in [-0.25, -0.2) is 0 Å². The minimum absolute atomic E-state index is 0.0178. The summed E-state index contributed by atoms with van der Waals surface area (Å²) < 4.78 is 0. The zero-order chi connectivity index (χ0) is 21.0. The fourth-order valence-corrected chi connectivity index (χ4v) is 9.11. The number of aliphatic hydroxyl groups excluding tert-OH is 1. The van der Waals surface area contributed by atoms with Crippen molar-refractivity contribution >= 4 is 0 Å². The van der Waals surface area contributed by atoms with Crippen molar-refractivity contribution in [2.24, 2.45) is 52.3 Å². The van der Waals surface area contributed by atoms with Crippen LogP contribution in [-0.2, 0) is 0 Å². The average Bonchev–Trinajstić information content (AvgIpc) is 3.03. The van der Waals surface area contributed by atoms with Crippen molar-refractivity contribution in [3.05, 3.63) is 12.2 Å². The Morgan fingerprint density at radius 3 is 2.34 bits per heavy atom. The van der Waals surface area contributed by atoms with Crippen LogP contribution in [0.4, 0.5) is 0 Å². The fourth-order valence-electron chi connectivity index (χ4n) is 9.11. The summed E-state index contributed by atoms with van der Waals surface area (Å²) in [5, 5.41) is 10.3. The van der Waals surface area contributed by atoms with Gasteiger partial charge >= 0.3 is 0 Å². The Balaban J connectivity index is 1.46. The second kappa shape index (κ2) is 7.99. The average molecular weight is 401 g/mol. The highest BCUT2D eigenvalue weighted by Gasteiger charge is 2.60. The largest absolute Gasteiger partial charge is 0.393 e. The van der Waals surface area contributed by atoms with Gasteiger partial charge in [-0.3, -0.25) is 0 Å². The Hall–Kier alpha value is -0.300. The number of aliphatic hydroxyl groups is 1. The van der Waals surface area contributed by atoms with E-state index in [2.05, 4.69) is 41.2 Å². The number of rotatable bonds is 5. The van der Waals surface area contributed by atoms with Crippen LogP contribution in [0.5, 0.6) is 0 Å². The van der Waals surface area contributed by atoms with Crippen molar-refractivity contribution < 1.29 is 5.11 Å². The number of fused-ring (bicyclic) bond motifs is 5. The lowest BCUT2D eigenvalue weighted by Gasteiger charge is -2.61. The van der Waals surface area contributed by atoms with E-state index in [0.717, 1.165) is 48.3 Å². The molecule has 0 spiro atoms. The van der Waals surface area contributed by atoms with Gasteiger partial charge in [0.1, 0.15) is 0 Å². The predicted octanol–water partition coefficient (Wildman–Crippen LogP) is 7.63. The predicted molar refractivity (Wildman–Crippen MR) is 124 cm³/mol. The van der Waals surface area contributed by atoms with Gasteiger partial charge in [-0.1, -0.05) is 46.8 Å². The molecule has 29 heavy (non-hydrogen) atoms. The lowest BCUT2D eigenvalue weighted by Crippen LogP contribution is -2.54. The Bertz CT molecular complexity index is 607. The quantitative estimate of drug-likeness (QED) is 0.470. The summed E-state index contributed by atoms with van der Waals surface area (Å²) in [6.45, 7) is 16.8. The molecule has 0 aromatic carbocycles. The SMILES string of the molecule is C=C(CC[C@@H](C)[C@H]1CCC2C3CCC4CC(O)CC[C@]4(C)C3CC[C@@]21C)C(C)C. The molecule has 9 atom stereocenters. The summed E-state index contributed by atoms with van der Waals surface area (Å²) in [4.78, 5) is 0. The van der Waals surface area contributed by atoms with E-state index in [1.165, 1.54) is 63.4 Å². The molecule has 4 rings (SSSR count). The fraction of sp³-hybridized carbons (Fsp3) is 0.929. The van der Waals surface area contributed by atoms with Crippen molar-refractivity contribution in [3.8, 4) is 0 Å². The third-order valence-electron chi connectivity index (χ3n) is 11.1. The van der Waals surface area contributed by atoms with Crippen molar-refractivity contribution in [1.82, 2.24) is 0 Å². The molecule has 1 N–H and O–H groups in total. The van der Waals surface area contributed by atoms with Gasteiger partial charge in [0.2, 0.25) is 0 Å². The second-order valence-corrected chi connectivity index (χ2v) is 12.6. The molecule has 0 bridgehead atoms. The molecule has 1 nitrogen and oxygen atoms in total. The molecule has 4 saturated carbocycles. The summed E-state index contributed by atoms with van der Waals surface area (Å²) in [6.07, 6.45) is 14.7. The van der Waals surface area contributed by atoms with Gasteiger partial charge in [-0.15, -0.1) is 0 Å². The molecule has 0 aromatic rings. The third kappa shape index (κ3) is 3.66.